The molecule has 2 heterocycles. The van der Waals surface area contributed by atoms with Crippen molar-refractivity contribution in [3.8, 4) is 0 Å². The molecule has 3 aliphatic rings. The molecule has 4 heteroatoms. The fraction of sp³-hybridized carbons (Fsp3) is 0.682. The standard InChI is InChI=1S/C22H32N2O2/c1-2-9-23-10-7-22(8-11-23)17-18(19-5-3-4-6-20(19)22)16-21(25)24-12-14-26-15-13-24/h3-6,18H,2,7-17H2,1H3/t18-/m0/s1. The van der Waals surface area contributed by atoms with Crippen LogP contribution in [0.1, 0.15) is 56.1 Å². The summed E-state index contributed by atoms with van der Waals surface area (Å²) >= 11 is 0. The molecule has 1 aromatic rings. The van der Waals surface area contributed by atoms with Gasteiger partial charge in [0.2, 0.25) is 5.91 Å². The van der Waals surface area contributed by atoms with Gasteiger partial charge in [0.05, 0.1) is 13.2 Å². The van der Waals surface area contributed by atoms with Crippen molar-refractivity contribution in [1.29, 1.82) is 0 Å². The molecule has 0 radical (unpaired) electrons. The van der Waals surface area contributed by atoms with E-state index < -0.39 is 0 Å². The van der Waals surface area contributed by atoms with E-state index in [0.29, 0.717) is 36.9 Å². The second-order valence-corrected chi connectivity index (χ2v) is 8.31. The Hall–Kier alpha value is -1.39. The van der Waals surface area contributed by atoms with E-state index >= 15 is 0 Å². The van der Waals surface area contributed by atoms with Crippen LogP contribution >= 0.6 is 0 Å². The van der Waals surface area contributed by atoms with Crippen LogP contribution in [0.2, 0.25) is 0 Å². The predicted molar refractivity (Wildman–Crippen MR) is 103 cm³/mol. The topological polar surface area (TPSA) is 32.8 Å². The normalized spacial score (nSPS) is 25.4. The maximum Gasteiger partial charge on any atom is 0.223 e. The van der Waals surface area contributed by atoms with Crippen LogP contribution in [0.25, 0.3) is 0 Å². The summed E-state index contributed by atoms with van der Waals surface area (Å²) in [5, 5.41) is 0. The Bertz CT molecular complexity index is 631. The van der Waals surface area contributed by atoms with Gasteiger partial charge in [-0.05, 0) is 67.8 Å². The Morgan fingerprint density at radius 3 is 2.62 bits per heavy atom. The first-order valence-corrected chi connectivity index (χ1v) is 10.4. The third-order valence-corrected chi connectivity index (χ3v) is 6.75. The van der Waals surface area contributed by atoms with Crippen molar-refractivity contribution in [2.24, 2.45) is 0 Å². The number of nitrogens with zero attached hydrogens (tertiary/aromatic N) is 2. The van der Waals surface area contributed by atoms with Gasteiger partial charge < -0.3 is 14.5 Å². The molecular formula is C22H32N2O2. The molecule has 1 aliphatic carbocycles. The molecule has 1 amide bonds. The summed E-state index contributed by atoms with van der Waals surface area (Å²) in [7, 11) is 0. The minimum Gasteiger partial charge on any atom is -0.378 e. The van der Waals surface area contributed by atoms with Crippen LogP contribution in [0.5, 0.6) is 0 Å². The molecule has 1 aromatic carbocycles. The van der Waals surface area contributed by atoms with Gasteiger partial charge >= 0.3 is 0 Å². The van der Waals surface area contributed by atoms with Gasteiger partial charge in [0, 0.05) is 19.5 Å². The zero-order valence-electron chi connectivity index (χ0n) is 16.1. The molecule has 2 fully saturated rings. The smallest absolute Gasteiger partial charge is 0.223 e. The van der Waals surface area contributed by atoms with E-state index in [9.17, 15) is 4.79 Å². The van der Waals surface area contributed by atoms with Gasteiger partial charge in [-0.25, -0.2) is 0 Å². The quantitative estimate of drug-likeness (QED) is 0.831. The molecule has 0 N–H and O–H groups in total. The number of amides is 1. The third kappa shape index (κ3) is 3.41. The highest BCUT2D eigenvalue weighted by Gasteiger charge is 2.45. The number of rotatable bonds is 4. The van der Waals surface area contributed by atoms with Crippen LogP contribution in [0, 0.1) is 0 Å². The van der Waals surface area contributed by atoms with Crippen LogP contribution < -0.4 is 0 Å². The molecule has 4 nitrogen and oxygen atoms in total. The molecule has 0 bridgehead atoms. The Balaban J connectivity index is 1.49. The molecule has 0 aromatic heterocycles. The van der Waals surface area contributed by atoms with Crippen molar-refractivity contribution in [3.63, 3.8) is 0 Å². The summed E-state index contributed by atoms with van der Waals surface area (Å²) in [5.74, 6) is 0.702. The van der Waals surface area contributed by atoms with Crippen molar-refractivity contribution < 1.29 is 9.53 Å². The summed E-state index contributed by atoms with van der Waals surface area (Å²) in [6.07, 6.45) is 5.54. The number of benzene rings is 1. The van der Waals surface area contributed by atoms with Crippen molar-refractivity contribution in [2.75, 3.05) is 45.9 Å². The van der Waals surface area contributed by atoms with Gasteiger partial charge in [-0.1, -0.05) is 31.2 Å². The lowest BCUT2D eigenvalue weighted by molar-refractivity contribution is -0.135. The molecular weight excluding hydrogens is 324 g/mol. The maximum atomic E-state index is 12.8. The minimum atomic E-state index is 0.302. The lowest BCUT2D eigenvalue weighted by Crippen LogP contribution is -2.42. The van der Waals surface area contributed by atoms with Crippen LogP contribution in [-0.4, -0.2) is 61.6 Å². The van der Waals surface area contributed by atoms with Gasteiger partial charge in [-0.15, -0.1) is 0 Å². The average Bonchev–Trinajstić information content (AvgIpc) is 2.98. The van der Waals surface area contributed by atoms with E-state index in [1.807, 2.05) is 4.90 Å². The van der Waals surface area contributed by atoms with Gasteiger partial charge in [0.25, 0.3) is 0 Å². The zero-order chi connectivity index (χ0) is 18.0. The maximum absolute atomic E-state index is 12.8. The van der Waals surface area contributed by atoms with Crippen molar-refractivity contribution in [1.82, 2.24) is 9.80 Å². The van der Waals surface area contributed by atoms with Crippen molar-refractivity contribution >= 4 is 5.91 Å². The van der Waals surface area contributed by atoms with E-state index in [1.165, 1.54) is 50.0 Å². The number of hydrogen-bond donors (Lipinski definition) is 0. The average molecular weight is 357 g/mol. The first-order chi connectivity index (χ1) is 12.7. The van der Waals surface area contributed by atoms with E-state index in [2.05, 4.69) is 36.1 Å². The van der Waals surface area contributed by atoms with E-state index in [4.69, 9.17) is 4.74 Å². The van der Waals surface area contributed by atoms with Gasteiger partial charge in [-0.2, -0.15) is 0 Å². The van der Waals surface area contributed by atoms with E-state index in [1.54, 1.807) is 0 Å². The number of hydrogen-bond acceptors (Lipinski definition) is 3. The highest BCUT2D eigenvalue weighted by Crippen LogP contribution is 2.52. The predicted octanol–water partition coefficient (Wildman–Crippen LogP) is 3.17. The second kappa shape index (κ2) is 7.69. The van der Waals surface area contributed by atoms with Gasteiger partial charge in [0.15, 0.2) is 0 Å². The fourth-order valence-corrected chi connectivity index (χ4v) is 5.36. The molecule has 2 aliphatic heterocycles. The number of piperidine rings is 1. The minimum absolute atomic E-state index is 0.302. The molecule has 0 unspecified atom stereocenters. The lowest BCUT2D eigenvalue weighted by Gasteiger charge is -2.40. The van der Waals surface area contributed by atoms with Crippen molar-refractivity contribution in [2.45, 2.75) is 50.4 Å². The largest absolute Gasteiger partial charge is 0.378 e. The Kier molecular flexibility index (Phi) is 5.32. The first-order valence-electron chi connectivity index (χ1n) is 10.4. The van der Waals surface area contributed by atoms with Crippen LogP contribution in [0.3, 0.4) is 0 Å². The molecule has 2 saturated heterocycles. The Labute approximate surface area is 157 Å². The molecule has 26 heavy (non-hydrogen) atoms. The van der Waals surface area contributed by atoms with Gasteiger partial charge in [-0.3, -0.25) is 4.79 Å². The molecule has 0 saturated carbocycles. The van der Waals surface area contributed by atoms with E-state index in [0.717, 1.165) is 19.5 Å². The zero-order valence-corrected chi connectivity index (χ0v) is 16.1. The third-order valence-electron chi connectivity index (χ3n) is 6.75. The van der Waals surface area contributed by atoms with Crippen molar-refractivity contribution in [3.05, 3.63) is 35.4 Å². The molecule has 1 atom stereocenters. The summed E-state index contributed by atoms with van der Waals surface area (Å²) in [5.41, 5.74) is 3.28. The molecule has 4 rings (SSSR count). The monoisotopic (exact) mass is 356 g/mol. The van der Waals surface area contributed by atoms with Crippen LogP contribution in [0.4, 0.5) is 0 Å². The highest BCUT2D eigenvalue weighted by molar-refractivity contribution is 5.77. The molecule has 1 spiro atoms. The number of ether oxygens (including phenoxy) is 1. The SMILES string of the molecule is CCCN1CCC2(CC1)C[C@H](CC(=O)N1CCOCC1)c1ccccc12. The number of fused-ring (bicyclic) bond motifs is 2. The number of likely N-dealkylation sites (tertiary alicyclic amines) is 1. The first kappa shape index (κ1) is 18.0. The molecule has 142 valence electrons. The second-order valence-electron chi connectivity index (χ2n) is 8.31. The lowest BCUT2D eigenvalue weighted by atomic mass is 9.73. The fourth-order valence-electron chi connectivity index (χ4n) is 5.36. The number of carbonyl (C=O) groups is 1. The summed E-state index contributed by atoms with van der Waals surface area (Å²) in [6.45, 7) is 8.76. The highest BCUT2D eigenvalue weighted by atomic mass is 16.5. The summed E-state index contributed by atoms with van der Waals surface area (Å²) in [6, 6.07) is 8.95. The van der Waals surface area contributed by atoms with E-state index in [-0.39, 0.29) is 0 Å². The van der Waals surface area contributed by atoms with Crippen LogP contribution in [-0.2, 0) is 14.9 Å². The van der Waals surface area contributed by atoms with Crippen LogP contribution in [0.15, 0.2) is 24.3 Å². The Morgan fingerprint density at radius 1 is 1.15 bits per heavy atom. The summed E-state index contributed by atoms with van der Waals surface area (Å²) in [4.78, 5) is 17.4. The number of morpholine rings is 1. The Morgan fingerprint density at radius 2 is 1.88 bits per heavy atom. The van der Waals surface area contributed by atoms with Gasteiger partial charge in [0.1, 0.15) is 0 Å². The number of carbonyl (C=O) groups excluding carboxylic acids is 1. The summed E-state index contributed by atoms with van der Waals surface area (Å²) < 4.78 is 5.40.